The highest BCUT2D eigenvalue weighted by Gasteiger charge is 2.56. The molecule has 164 valence electrons. The van der Waals surface area contributed by atoms with Crippen molar-refractivity contribution in [2.75, 3.05) is 27.2 Å². The first kappa shape index (κ1) is 21.5. The number of fused-ring (bicyclic) bond motifs is 1. The molecule has 0 N–H and O–H groups in total. The minimum absolute atomic E-state index is 0.0145. The number of piperidine rings is 1. The summed E-state index contributed by atoms with van der Waals surface area (Å²) in [5.74, 6) is -0.230. The van der Waals surface area contributed by atoms with Gasteiger partial charge in [-0.3, -0.25) is 19.5 Å². The van der Waals surface area contributed by atoms with Gasteiger partial charge in [0.2, 0.25) is 5.91 Å². The van der Waals surface area contributed by atoms with Crippen molar-refractivity contribution < 1.29 is 9.59 Å². The fraction of sp³-hybridized carbons (Fsp3) is 0.480. The third-order valence-corrected chi connectivity index (χ3v) is 6.78. The summed E-state index contributed by atoms with van der Waals surface area (Å²) in [6, 6.07) is 13.7. The Bertz CT molecular complexity index is 949. The van der Waals surface area contributed by atoms with E-state index in [0.29, 0.717) is 5.56 Å². The van der Waals surface area contributed by atoms with Gasteiger partial charge in [-0.15, -0.1) is 0 Å². The predicted molar refractivity (Wildman–Crippen MR) is 121 cm³/mol. The molecule has 2 aromatic rings. The van der Waals surface area contributed by atoms with Gasteiger partial charge in [0.05, 0.1) is 17.2 Å². The number of pyridine rings is 1. The van der Waals surface area contributed by atoms with Crippen LogP contribution in [0.1, 0.15) is 54.2 Å². The lowest BCUT2D eigenvalue weighted by atomic mass is 9.66. The maximum absolute atomic E-state index is 13.6. The van der Waals surface area contributed by atoms with Crippen LogP contribution in [-0.4, -0.2) is 70.3 Å². The highest BCUT2D eigenvalue weighted by molar-refractivity contribution is 6.02. The Morgan fingerprint density at radius 2 is 1.81 bits per heavy atom. The molecule has 0 bridgehead atoms. The molecule has 4 rings (SSSR count). The van der Waals surface area contributed by atoms with Gasteiger partial charge in [0, 0.05) is 51.5 Å². The third-order valence-electron chi connectivity index (χ3n) is 6.78. The van der Waals surface area contributed by atoms with Gasteiger partial charge in [-0.05, 0) is 50.5 Å². The second-order valence-corrected chi connectivity index (χ2v) is 9.22. The first-order valence-corrected chi connectivity index (χ1v) is 11.1. The number of aromatic nitrogens is 1. The number of hydrogen-bond acceptors (Lipinski definition) is 4. The van der Waals surface area contributed by atoms with E-state index < -0.39 is 5.54 Å². The largest absolute Gasteiger partial charge is 0.348 e. The van der Waals surface area contributed by atoms with Crippen LogP contribution in [0.5, 0.6) is 0 Å². The lowest BCUT2D eigenvalue weighted by Gasteiger charge is -2.56. The van der Waals surface area contributed by atoms with E-state index in [4.69, 9.17) is 0 Å². The SMILES string of the molecule is CC(C)N1C(=O)c2ccccc2C(C(=O)N(C)C)C12CCN(Cc1ccccn1)CC2. The maximum Gasteiger partial charge on any atom is 0.254 e. The number of likely N-dealkylation sites (tertiary alicyclic amines) is 1. The van der Waals surface area contributed by atoms with Crippen molar-refractivity contribution in [2.24, 2.45) is 0 Å². The van der Waals surface area contributed by atoms with E-state index in [9.17, 15) is 9.59 Å². The van der Waals surface area contributed by atoms with E-state index in [2.05, 4.69) is 23.7 Å². The molecule has 1 aromatic heterocycles. The molecule has 1 saturated heterocycles. The number of carbonyl (C=O) groups is 2. The molecule has 2 amide bonds. The second-order valence-electron chi connectivity index (χ2n) is 9.22. The average Bonchev–Trinajstić information content (AvgIpc) is 2.76. The van der Waals surface area contributed by atoms with E-state index in [-0.39, 0.29) is 23.8 Å². The average molecular weight is 421 g/mol. The minimum atomic E-state index is -0.512. The Kier molecular flexibility index (Phi) is 5.84. The number of benzene rings is 1. The van der Waals surface area contributed by atoms with Crippen LogP contribution in [0.2, 0.25) is 0 Å². The number of carbonyl (C=O) groups excluding carboxylic acids is 2. The van der Waals surface area contributed by atoms with Gasteiger partial charge in [-0.25, -0.2) is 0 Å². The summed E-state index contributed by atoms with van der Waals surface area (Å²) >= 11 is 0. The summed E-state index contributed by atoms with van der Waals surface area (Å²) in [5, 5.41) is 0. The molecule has 6 nitrogen and oxygen atoms in total. The summed E-state index contributed by atoms with van der Waals surface area (Å²) in [6.45, 7) is 6.56. The number of hydrogen-bond donors (Lipinski definition) is 0. The standard InChI is InChI=1S/C25H32N4O2/c1-18(2)29-23(30)21-11-6-5-10-20(21)22(24(31)27(3)4)25(29)12-15-28(16-13-25)17-19-9-7-8-14-26-19/h5-11,14,18,22H,12-13,15-17H2,1-4H3. The fourth-order valence-corrected chi connectivity index (χ4v) is 5.42. The number of rotatable bonds is 4. The maximum atomic E-state index is 13.6. The Balaban J connectivity index is 1.72. The topological polar surface area (TPSA) is 56.8 Å². The first-order valence-electron chi connectivity index (χ1n) is 11.1. The molecule has 6 heteroatoms. The van der Waals surface area contributed by atoms with Crippen LogP contribution in [0.3, 0.4) is 0 Å². The quantitative estimate of drug-likeness (QED) is 0.763. The van der Waals surface area contributed by atoms with Crippen molar-refractivity contribution in [2.45, 2.75) is 50.7 Å². The summed E-state index contributed by atoms with van der Waals surface area (Å²) < 4.78 is 0. The van der Waals surface area contributed by atoms with E-state index >= 15 is 0 Å². The highest BCUT2D eigenvalue weighted by Crippen LogP contribution is 2.48. The summed E-state index contributed by atoms with van der Waals surface area (Å²) in [4.78, 5) is 37.7. The van der Waals surface area contributed by atoms with Crippen molar-refractivity contribution in [3.8, 4) is 0 Å². The second kappa shape index (κ2) is 8.42. The van der Waals surface area contributed by atoms with E-state index in [0.717, 1.165) is 43.7 Å². The van der Waals surface area contributed by atoms with Crippen molar-refractivity contribution in [3.63, 3.8) is 0 Å². The van der Waals surface area contributed by atoms with Crippen molar-refractivity contribution in [1.82, 2.24) is 19.7 Å². The van der Waals surface area contributed by atoms with Crippen molar-refractivity contribution in [3.05, 3.63) is 65.5 Å². The van der Waals surface area contributed by atoms with Gasteiger partial charge in [0.1, 0.15) is 0 Å². The Labute approximate surface area is 184 Å². The van der Waals surface area contributed by atoms with Crippen LogP contribution in [0.25, 0.3) is 0 Å². The van der Waals surface area contributed by atoms with Gasteiger partial charge in [0.25, 0.3) is 5.91 Å². The molecule has 1 unspecified atom stereocenters. The van der Waals surface area contributed by atoms with E-state index in [1.165, 1.54) is 0 Å². The number of nitrogens with zero attached hydrogens (tertiary/aromatic N) is 4. The smallest absolute Gasteiger partial charge is 0.254 e. The minimum Gasteiger partial charge on any atom is -0.348 e. The lowest BCUT2D eigenvalue weighted by molar-refractivity contribution is -0.136. The summed E-state index contributed by atoms with van der Waals surface area (Å²) in [7, 11) is 3.62. The predicted octanol–water partition coefficient (Wildman–Crippen LogP) is 3.15. The Morgan fingerprint density at radius 1 is 1.13 bits per heavy atom. The fourth-order valence-electron chi connectivity index (χ4n) is 5.42. The van der Waals surface area contributed by atoms with Gasteiger partial charge < -0.3 is 9.80 Å². The van der Waals surface area contributed by atoms with Crippen molar-refractivity contribution in [1.29, 1.82) is 0 Å². The molecule has 3 heterocycles. The zero-order valence-electron chi connectivity index (χ0n) is 18.9. The molecule has 0 radical (unpaired) electrons. The third kappa shape index (κ3) is 3.74. The summed E-state index contributed by atoms with van der Waals surface area (Å²) in [5.41, 5.74) is 2.08. The Hall–Kier alpha value is -2.73. The lowest BCUT2D eigenvalue weighted by Crippen LogP contribution is -2.66. The van der Waals surface area contributed by atoms with Gasteiger partial charge in [0.15, 0.2) is 0 Å². The molecule has 31 heavy (non-hydrogen) atoms. The normalized spacial score (nSPS) is 20.7. The van der Waals surface area contributed by atoms with E-state index in [1.54, 1.807) is 4.90 Å². The molecule has 1 fully saturated rings. The first-order chi connectivity index (χ1) is 14.8. The van der Waals surface area contributed by atoms with E-state index in [1.807, 2.05) is 67.7 Å². The number of likely N-dealkylation sites (N-methyl/N-ethyl adjacent to an activating group) is 1. The zero-order chi connectivity index (χ0) is 22.2. The van der Waals surface area contributed by atoms with Crippen LogP contribution >= 0.6 is 0 Å². The highest BCUT2D eigenvalue weighted by atomic mass is 16.2. The van der Waals surface area contributed by atoms with Crippen LogP contribution in [0.15, 0.2) is 48.7 Å². The van der Waals surface area contributed by atoms with Crippen LogP contribution in [0, 0.1) is 0 Å². The zero-order valence-corrected chi connectivity index (χ0v) is 18.9. The monoisotopic (exact) mass is 420 g/mol. The number of amides is 2. The van der Waals surface area contributed by atoms with Gasteiger partial charge in [-0.2, -0.15) is 0 Å². The van der Waals surface area contributed by atoms with Crippen LogP contribution in [0.4, 0.5) is 0 Å². The molecule has 1 atom stereocenters. The molecule has 0 aliphatic carbocycles. The van der Waals surface area contributed by atoms with Crippen LogP contribution in [-0.2, 0) is 11.3 Å². The molecule has 2 aliphatic heterocycles. The van der Waals surface area contributed by atoms with Gasteiger partial charge in [-0.1, -0.05) is 24.3 Å². The molecule has 0 saturated carbocycles. The van der Waals surface area contributed by atoms with Crippen LogP contribution < -0.4 is 0 Å². The molecular weight excluding hydrogens is 388 g/mol. The molecular formula is C25H32N4O2. The Morgan fingerprint density at radius 3 is 2.42 bits per heavy atom. The molecule has 1 spiro atoms. The summed E-state index contributed by atoms with van der Waals surface area (Å²) in [6.07, 6.45) is 3.36. The van der Waals surface area contributed by atoms with Crippen molar-refractivity contribution >= 4 is 11.8 Å². The molecule has 2 aliphatic rings. The molecule has 1 aromatic carbocycles. The van der Waals surface area contributed by atoms with Gasteiger partial charge >= 0.3 is 0 Å².